The van der Waals surface area contributed by atoms with Crippen molar-refractivity contribution in [2.75, 3.05) is 38.6 Å². The predicted molar refractivity (Wildman–Crippen MR) is 80.4 cm³/mol. The molecule has 0 spiro atoms. The monoisotopic (exact) mass is 314 g/mol. The maximum atomic E-state index is 12.3. The lowest BCUT2D eigenvalue weighted by atomic mass is 10.1. The van der Waals surface area contributed by atoms with Crippen molar-refractivity contribution in [1.29, 1.82) is 0 Å². The summed E-state index contributed by atoms with van der Waals surface area (Å²) in [4.78, 5) is 0. The number of sulfonamides is 1. The molecule has 1 fully saturated rings. The summed E-state index contributed by atoms with van der Waals surface area (Å²) in [6.45, 7) is 7.20. The standard InChI is InChI=1S/C12H26N2O3S.ClH/c1-3-9-14(12-5-7-13-8-6-12)18(15,16)11-10-17-4-2;/h12-13H,3-11H2,1-2H3;1H. The summed E-state index contributed by atoms with van der Waals surface area (Å²) < 4.78 is 31.5. The number of ether oxygens (including phenoxy) is 1. The van der Waals surface area contributed by atoms with Gasteiger partial charge in [0.2, 0.25) is 10.0 Å². The quantitative estimate of drug-likeness (QED) is 0.685. The van der Waals surface area contributed by atoms with Crippen molar-refractivity contribution >= 4 is 22.4 Å². The van der Waals surface area contributed by atoms with Crippen LogP contribution in [0.1, 0.15) is 33.1 Å². The third kappa shape index (κ3) is 6.40. The molecule has 0 saturated carbocycles. The van der Waals surface area contributed by atoms with Crippen LogP contribution in [0.4, 0.5) is 0 Å². The number of nitrogens with one attached hydrogen (secondary N) is 1. The molecule has 0 amide bonds. The van der Waals surface area contributed by atoms with Crippen LogP contribution < -0.4 is 5.32 Å². The molecule has 1 aliphatic heterocycles. The molecule has 0 aliphatic carbocycles. The number of nitrogens with zero attached hydrogens (tertiary/aromatic N) is 1. The number of piperidine rings is 1. The Morgan fingerprint density at radius 1 is 1.26 bits per heavy atom. The zero-order valence-corrected chi connectivity index (χ0v) is 13.6. The second kappa shape index (κ2) is 9.94. The first-order valence-corrected chi connectivity index (χ1v) is 8.50. The van der Waals surface area contributed by atoms with Crippen molar-refractivity contribution < 1.29 is 13.2 Å². The molecule has 0 bridgehead atoms. The second-order valence-corrected chi connectivity index (χ2v) is 6.65. The van der Waals surface area contributed by atoms with Crippen LogP contribution >= 0.6 is 12.4 Å². The summed E-state index contributed by atoms with van der Waals surface area (Å²) in [5.74, 6) is 0.102. The van der Waals surface area contributed by atoms with Crippen molar-refractivity contribution in [1.82, 2.24) is 9.62 Å². The van der Waals surface area contributed by atoms with Gasteiger partial charge in [-0.2, -0.15) is 4.31 Å². The zero-order chi connectivity index (χ0) is 13.4. The fourth-order valence-electron chi connectivity index (χ4n) is 2.29. The van der Waals surface area contributed by atoms with Crippen molar-refractivity contribution in [3.05, 3.63) is 0 Å². The molecule has 116 valence electrons. The van der Waals surface area contributed by atoms with Gasteiger partial charge in [0.15, 0.2) is 0 Å². The normalized spacial score (nSPS) is 17.4. The van der Waals surface area contributed by atoms with Gasteiger partial charge < -0.3 is 10.1 Å². The number of hydrogen-bond acceptors (Lipinski definition) is 4. The average Bonchev–Trinajstić information content (AvgIpc) is 2.37. The minimum absolute atomic E-state index is 0. The molecule has 0 aromatic heterocycles. The highest BCUT2D eigenvalue weighted by molar-refractivity contribution is 7.89. The molecule has 1 aliphatic rings. The average molecular weight is 315 g/mol. The fraction of sp³-hybridized carbons (Fsp3) is 1.00. The molecule has 1 N–H and O–H groups in total. The van der Waals surface area contributed by atoms with E-state index >= 15 is 0 Å². The van der Waals surface area contributed by atoms with Gasteiger partial charge in [0.05, 0.1) is 12.4 Å². The van der Waals surface area contributed by atoms with Crippen LogP contribution in [0.15, 0.2) is 0 Å². The van der Waals surface area contributed by atoms with Gasteiger partial charge in [0.1, 0.15) is 0 Å². The van der Waals surface area contributed by atoms with Crippen LogP contribution in [0.3, 0.4) is 0 Å². The first-order valence-electron chi connectivity index (χ1n) is 6.89. The third-order valence-corrected chi connectivity index (χ3v) is 5.08. The Kier molecular flexibility index (Phi) is 10.00. The molecule has 5 nitrogen and oxygen atoms in total. The highest BCUT2D eigenvalue weighted by Gasteiger charge is 2.29. The first kappa shape index (κ1) is 19.1. The van der Waals surface area contributed by atoms with E-state index in [1.54, 1.807) is 4.31 Å². The van der Waals surface area contributed by atoms with Crippen molar-refractivity contribution in [2.45, 2.75) is 39.2 Å². The minimum atomic E-state index is -3.18. The van der Waals surface area contributed by atoms with Gasteiger partial charge in [0, 0.05) is 19.2 Å². The van der Waals surface area contributed by atoms with E-state index in [0.717, 1.165) is 32.4 Å². The van der Waals surface area contributed by atoms with E-state index in [1.165, 1.54) is 0 Å². The van der Waals surface area contributed by atoms with Crippen LogP contribution in [0.2, 0.25) is 0 Å². The molecule has 19 heavy (non-hydrogen) atoms. The molecule has 1 saturated heterocycles. The van der Waals surface area contributed by atoms with E-state index in [-0.39, 0.29) is 24.2 Å². The maximum Gasteiger partial charge on any atom is 0.216 e. The van der Waals surface area contributed by atoms with Crippen LogP contribution in [0, 0.1) is 0 Å². The molecule has 0 aromatic rings. The fourth-order valence-corrected chi connectivity index (χ4v) is 3.98. The third-order valence-electron chi connectivity index (χ3n) is 3.21. The van der Waals surface area contributed by atoms with Crippen molar-refractivity contribution in [3.8, 4) is 0 Å². The summed E-state index contributed by atoms with van der Waals surface area (Å²) >= 11 is 0. The van der Waals surface area contributed by atoms with Gasteiger partial charge >= 0.3 is 0 Å². The predicted octanol–water partition coefficient (Wildman–Crippen LogP) is 1.24. The Balaban J connectivity index is 0.00000324. The van der Waals surface area contributed by atoms with E-state index in [4.69, 9.17) is 4.74 Å². The first-order chi connectivity index (χ1) is 8.61. The number of hydrogen-bond donors (Lipinski definition) is 1. The highest BCUT2D eigenvalue weighted by Crippen LogP contribution is 2.17. The Labute approximate surface area is 123 Å². The molecular formula is C12H27ClN2O3S. The van der Waals surface area contributed by atoms with Gasteiger partial charge in [-0.3, -0.25) is 0 Å². The minimum Gasteiger partial charge on any atom is -0.381 e. The maximum absolute atomic E-state index is 12.3. The van der Waals surface area contributed by atoms with Gasteiger partial charge in [-0.1, -0.05) is 6.92 Å². The molecule has 1 rings (SSSR count). The smallest absolute Gasteiger partial charge is 0.216 e. The summed E-state index contributed by atoms with van der Waals surface area (Å²) in [5, 5.41) is 3.27. The zero-order valence-electron chi connectivity index (χ0n) is 11.9. The Morgan fingerprint density at radius 3 is 2.42 bits per heavy atom. The van der Waals surface area contributed by atoms with Crippen molar-refractivity contribution in [2.24, 2.45) is 0 Å². The van der Waals surface area contributed by atoms with Crippen LogP contribution in [0.25, 0.3) is 0 Å². The molecule has 0 unspecified atom stereocenters. The van der Waals surface area contributed by atoms with E-state index in [1.807, 2.05) is 13.8 Å². The highest BCUT2D eigenvalue weighted by atomic mass is 35.5. The number of rotatable bonds is 8. The van der Waals surface area contributed by atoms with Crippen LogP contribution in [0.5, 0.6) is 0 Å². The van der Waals surface area contributed by atoms with Crippen LogP contribution in [-0.2, 0) is 14.8 Å². The summed E-state index contributed by atoms with van der Waals surface area (Å²) in [7, 11) is -3.18. The Hall–Kier alpha value is 0.120. The van der Waals surface area contributed by atoms with Gasteiger partial charge in [0.25, 0.3) is 0 Å². The van der Waals surface area contributed by atoms with E-state index in [2.05, 4.69) is 5.32 Å². The summed E-state index contributed by atoms with van der Waals surface area (Å²) in [6.07, 6.45) is 2.68. The van der Waals surface area contributed by atoms with E-state index < -0.39 is 10.0 Å². The second-order valence-electron chi connectivity index (χ2n) is 4.60. The summed E-state index contributed by atoms with van der Waals surface area (Å²) in [5.41, 5.74) is 0. The Bertz CT molecular complexity index is 319. The van der Waals surface area contributed by atoms with E-state index in [0.29, 0.717) is 19.8 Å². The molecule has 0 atom stereocenters. The van der Waals surface area contributed by atoms with Gasteiger partial charge in [-0.15, -0.1) is 12.4 Å². The number of halogens is 1. The molecule has 0 aromatic carbocycles. The lowest BCUT2D eigenvalue weighted by Gasteiger charge is -2.33. The van der Waals surface area contributed by atoms with Crippen LogP contribution in [-0.4, -0.2) is 57.4 Å². The largest absolute Gasteiger partial charge is 0.381 e. The molecular weight excluding hydrogens is 288 g/mol. The van der Waals surface area contributed by atoms with Gasteiger partial charge in [-0.05, 0) is 39.3 Å². The summed E-state index contributed by atoms with van der Waals surface area (Å²) in [6, 6.07) is 0.165. The molecule has 1 heterocycles. The SMILES string of the molecule is CCCN(C1CCNCC1)S(=O)(=O)CCOCC.Cl. The van der Waals surface area contributed by atoms with Crippen molar-refractivity contribution in [3.63, 3.8) is 0 Å². The molecule has 0 radical (unpaired) electrons. The van der Waals surface area contributed by atoms with Gasteiger partial charge in [-0.25, -0.2) is 8.42 Å². The Morgan fingerprint density at radius 2 is 1.89 bits per heavy atom. The lowest BCUT2D eigenvalue weighted by molar-refractivity contribution is 0.161. The molecule has 7 heteroatoms. The lowest BCUT2D eigenvalue weighted by Crippen LogP contribution is -2.47. The topological polar surface area (TPSA) is 58.6 Å². The van der Waals surface area contributed by atoms with E-state index in [9.17, 15) is 8.42 Å².